The molecule has 7 nitrogen and oxygen atoms in total. The number of hydrogen-bond donors (Lipinski definition) is 2. The van der Waals surface area contributed by atoms with E-state index in [9.17, 15) is 16.8 Å². The normalized spacial score (nSPS) is 31.9. The Balaban J connectivity index is 3.01. The van der Waals surface area contributed by atoms with Gasteiger partial charge in [-0.1, -0.05) is 0 Å². The minimum absolute atomic E-state index is 0.0278. The van der Waals surface area contributed by atoms with Gasteiger partial charge in [0.05, 0.1) is 0 Å². The van der Waals surface area contributed by atoms with E-state index in [1.807, 2.05) is 0 Å². The SMILES string of the molecule is NS(=O)(=O)N1NS1(=O)=O. The molecular formula is H3N3O4S2. The predicted octanol–water partition coefficient (Wildman–Crippen LogP) is -2.75. The van der Waals surface area contributed by atoms with E-state index in [4.69, 9.17) is 0 Å². The molecule has 1 unspecified atom stereocenters. The van der Waals surface area contributed by atoms with Crippen molar-refractivity contribution in [2.75, 3.05) is 0 Å². The lowest BCUT2D eigenvalue weighted by Gasteiger charge is -1.83. The van der Waals surface area contributed by atoms with E-state index in [1.165, 1.54) is 0 Å². The van der Waals surface area contributed by atoms with Crippen LogP contribution in [0.1, 0.15) is 0 Å². The van der Waals surface area contributed by atoms with Crippen molar-refractivity contribution in [3.8, 4) is 0 Å². The van der Waals surface area contributed by atoms with Crippen LogP contribution in [0, 0.1) is 0 Å². The summed E-state index contributed by atoms with van der Waals surface area (Å²) >= 11 is 0. The first-order chi connectivity index (χ1) is 3.84. The second-order valence-corrected chi connectivity index (χ2v) is 4.46. The first-order valence-electron chi connectivity index (χ1n) is 1.70. The van der Waals surface area contributed by atoms with Crippen LogP contribution in [0.2, 0.25) is 0 Å². The smallest absolute Gasteiger partial charge is 0.214 e. The quantitative estimate of drug-likeness (QED) is 0.418. The van der Waals surface area contributed by atoms with E-state index in [2.05, 4.69) is 5.14 Å². The van der Waals surface area contributed by atoms with Crippen LogP contribution < -0.4 is 9.97 Å². The Labute approximate surface area is 51.8 Å². The van der Waals surface area contributed by atoms with E-state index in [1.54, 1.807) is 4.83 Å². The molecule has 3 N–H and O–H groups in total. The van der Waals surface area contributed by atoms with Gasteiger partial charge in [-0.2, -0.15) is 16.8 Å². The van der Waals surface area contributed by atoms with Gasteiger partial charge < -0.3 is 0 Å². The highest BCUT2D eigenvalue weighted by molar-refractivity contribution is 8.07. The average Bonchev–Trinajstić information content (AvgIpc) is 2.10. The van der Waals surface area contributed by atoms with E-state index in [0.717, 1.165) is 0 Å². The summed E-state index contributed by atoms with van der Waals surface area (Å²) in [6.07, 6.45) is 0. The average molecular weight is 173 g/mol. The summed E-state index contributed by atoms with van der Waals surface area (Å²) in [5.74, 6) is 0. The molecule has 0 spiro atoms. The van der Waals surface area contributed by atoms with Gasteiger partial charge in [0.15, 0.2) is 0 Å². The second-order valence-electron chi connectivity index (χ2n) is 1.34. The molecule has 0 saturated carbocycles. The van der Waals surface area contributed by atoms with Crippen molar-refractivity contribution < 1.29 is 16.8 Å². The molecule has 54 valence electrons. The Hall–Kier alpha value is -0.220. The lowest BCUT2D eigenvalue weighted by atomic mass is 13.0. The molecule has 1 fully saturated rings. The fraction of sp³-hybridized carbons (Fsp3) is 0. The molecular weight excluding hydrogens is 170 g/mol. The van der Waals surface area contributed by atoms with Crippen LogP contribution in [0.15, 0.2) is 0 Å². The first-order valence-corrected chi connectivity index (χ1v) is 4.64. The Morgan fingerprint density at radius 1 is 1.44 bits per heavy atom. The highest BCUT2D eigenvalue weighted by Crippen LogP contribution is 2.12. The molecule has 1 saturated heterocycles. The van der Waals surface area contributed by atoms with Crippen LogP contribution in [0.3, 0.4) is 0 Å². The number of nitrogens with one attached hydrogen (secondary N) is 1. The van der Waals surface area contributed by atoms with Gasteiger partial charge in [0.1, 0.15) is 0 Å². The van der Waals surface area contributed by atoms with Gasteiger partial charge in [-0.25, -0.2) is 5.14 Å². The number of hydrogen-bond acceptors (Lipinski definition) is 4. The molecule has 0 bridgehead atoms. The summed E-state index contributed by atoms with van der Waals surface area (Å²) in [5.41, 5.74) is 0. The molecule has 0 aromatic rings. The number of nitrogens with zero attached hydrogens (tertiary/aromatic N) is 1. The minimum Gasteiger partial charge on any atom is -0.214 e. The van der Waals surface area contributed by atoms with Gasteiger partial charge >= 0.3 is 20.4 Å². The number of rotatable bonds is 1. The van der Waals surface area contributed by atoms with Crippen LogP contribution in [0.25, 0.3) is 0 Å². The molecule has 1 rings (SSSR count). The van der Waals surface area contributed by atoms with Crippen molar-refractivity contribution in [3.63, 3.8) is 0 Å². The maximum atomic E-state index is 10.1. The fourth-order valence-corrected chi connectivity index (χ4v) is 2.40. The molecule has 9 heteroatoms. The lowest BCUT2D eigenvalue weighted by Crippen LogP contribution is -2.23. The Morgan fingerprint density at radius 3 is 1.78 bits per heavy atom. The standard InChI is InChI=1S/H3N3O4S2/c1-8(4,5)3-2-9(3,6)7/h2H,(H2,1,4,5). The topological polar surface area (TPSA) is 119 Å². The van der Waals surface area contributed by atoms with Gasteiger partial charge in [-0.3, -0.25) is 0 Å². The van der Waals surface area contributed by atoms with Crippen molar-refractivity contribution in [1.29, 1.82) is 0 Å². The van der Waals surface area contributed by atoms with E-state index in [0.29, 0.717) is 0 Å². The molecule has 9 heavy (non-hydrogen) atoms. The monoisotopic (exact) mass is 173 g/mol. The third-order valence-electron chi connectivity index (χ3n) is 0.607. The highest BCUT2D eigenvalue weighted by Gasteiger charge is 2.48. The molecule has 1 aliphatic rings. The predicted molar refractivity (Wildman–Crippen MR) is 27.0 cm³/mol. The maximum Gasteiger partial charge on any atom is 0.323 e. The maximum absolute atomic E-state index is 10.1. The second kappa shape index (κ2) is 1.44. The molecule has 0 amide bonds. The van der Waals surface area contributed by atoms with Gasteiger partial charge in [0, 0.05) is 3.82 Å². The van der Waals surface area contributed by atoms with E-state index in [-0.39, 0.29) is 3.82 Å². The first kappa shape index (κ1) is 6.89. The largest absolute Gasteiger partial charge is 0.323 e. The summed E-state index contributed by atoms with van der Waals surface area (Å²) in [6.45, 7) is 0. The number of hydrazine groups is 1. The molecule has 0 aromatic carbocycles. The summed E-state index contributed by atoms with van der Waals surface area (Å²) < 4.78 is 40.3. The molecule has 1 heterocycles. The zero-order valence-corrected chi connectivity index (χ0v) is 5.61. The van der Waals surface area contributed by atoms with Crippen LogP contribution in [0.4, 0.5) is 0 Å². The number of nitrogens with two attached hydrogens (primary N) is 1. The summed E-state index contributed by atoms with van der Waals surface area (Å²) in [6, 6.07) is 0. The Kier molecular flexibility index (Phi) is 1.10. The van der Waals surface area contributed by atoms with E-state index < -0.39 is 20.4 Å². The fourth-order valence-electron chi connectivity index (χ4n) is 0.266. The molecule has 0 aromatic heterocycles. The summed E-state index contributed by atoms with van der Waals surface area (Å²) in [7, 11) is -7.85. The lowest BCUT2D eigenvalue weighted by molar-refractivity contribution is 0.558. The van der Waals surface area contributed by atoms with E-state index >= 15 is 0 Å². The third kappa shape index (κ3) is 1.19. The summed E-state index contributed by atoms with van der Waals surface area (Å²) in [5, 5.41) is 4.37. The van der Waals surface area contributed by atoms with Crippen LogP contribution >= 0.6 is 0 Å². The van der Waals surface area contributed by atoms with Gasteiger partial charge in [0.2, 0.25) is 0 Å². The van der Waals surface area contributed by atoms with Crippen molar-refractivity contribution in [3.05, 3.63) is 0 Å². The van der Waals surface area contributed by atoms with Crippen LogP contribution in [-0.2, 0) is 20.4 Å². The Bertz CT molecular complexity index is 308. The Morgan fingerprint density at radius 2 is 1.78 bits per heavy atom. The molecule has 1 atom stereocenters. The van der Waals surface area contributed by atoms with Gasteiger partial charge in [0.25, 0.3) is 0 Å². The highest BCUT2D eigenvalue weighted by atomic mass is 32.3. The van der Waals surface area contributed by atoms with Crippen LogP contribution in [0.5, 0.6) is 0 Å². The molecule has 0 radical (unpaired) electrons. The van der Waals surface area contributed by atoms with Gasteiger partial charge in [-0.05, 0) is 0 Å². The van der Waals surface area contributed by atoms with Crippen LogP contribution in [-0.4, -0.2) is 20.7 Å². The van der Waals surface area contributed by atoms with Crippen molar-refractivity contribution in [1.82, 2.24) is 8.65 Å². The zero-order chi connectivity index (χ0) is 7.28. The molecule has 0 aliphatic carbocycles. The zero-order valence-electron chi connectivity index (χ0n) is 3.97. The van der Waals surface area contributed by atoms with Gasteiger partial charge in [-0.15, -0.1) is 4.83 Å². The van der Waals surface area contributed by atoms with Crippen molar-refractivity contribution in [2.24, 2.45) is 5.14 Å². The van der Waals surface area contributed by atoms with Crippen molar-refractivity contribution in [2.45, 2.75) is 0 Å². The third-order valence-corrected chi connectivity index (χ3v) is 3.26. The minimum atomic E-state index is -4.10. The summed E-state index contributed by atoms with van der Waals surface area (Å²) in [4.78, 5) is 1.54. The van der Waals surface area contributed by atoms with Crippen molar-refractivity contribution >= 4 is 20.4 Å². The molecule has 1 aliphatic heterocycles.